The van der Waals surface area contributed by atoms with Gasteiger partial charge in [0.25, 0.3) is 0 Å². The minimum absolute atomic E-state index is 0.267. The smallest absolute Gasteiger partial charge is 0.132 e. The van der Waals surface area contributed by atoms with E-state index < -0.39 is 11.9 Å². The maximum Gasteiger partial charge on any atom is 0.132 e. The van der Waals surface area contributed by atoms with Gasteiger partial charge in [-0.1, -0.05) is 6.07 Å². The van der Waals surface area contributed by atoms with E-state index in [1.54, 1.807) is 12.1 Å². The Balaban J connectivity index is 1.92. The van der Waals surface area contributed by atoms with Crippen LogP contribution in [0.2, 0.25) is 0 Å². The van der Waals surface area contributed by atoms with Crippen molar-refractivity contribution in [1.29, 1.82) is 0 Å². The van der Waals surface area contributed by atoms with Crippen molar-refractivity contribution in [2.75, 3.05) is 40.8 Å². The minimum atomic E-state index is -0.834. The summed E-state index contributed by atoms with van der Waals surface area (Å²) in [7, 11) is 5.67. The van der Waals surface area contributed by atoms with Crippen LogP contribution in [-0.4, -0.2) is 61.8 Å². The highest BCUT2D eigenvalue weighted by Crippen LogP contribution is 2.30. The van der Waals surface area contributed by atoms with Crippen LogP contribution in [0.25, 0.3) is 0 Å². The molecule has 2 atom stereocenters. The van der Waals surface area contributed by atoms with Crippen molar-refractivity contribution in [1.82, 2.24) is 9.80 Å². The van der Waals surface area contributed by atoms with Crippen molar-refractivity contribution in [3.05, 3.63) is 29.6 Å². The molecule has 2 rings (SSSR count). The Morgan fingerprint density at radius 1 is 1.48 bits per heavy atom. The van der Waals surface area contributed by atoms with Gasteiger partial charge in [0.1, 0.15) is 11.6 Å². The fourth-order valence-electron chi connectivity index (χ4n) is 2.90. The van der Waals surface area contributed by atoms with Gasteiger partial charge in [0.15, 0.2) is 0 Å². The lowest BCUT2D eigenvalue weighted by atomic mass is 10.0. The summed E-state index contributed by atoms with van der Waals surface area (Å²) < 4.78 is 19.0. The topological polar surface area (TPSA) is 35.9 Å². The lowest BCUT2D eigenvalue weighted by molar-refractivity contribution is 0.139. The summed E-state index contributed by atoms with van der Waals surface area (Å²) in [6, 6.07) is 5.20. The van der Waals surface area contributed by atoms with Crippen LogP contribution >= 0.6 is 0 Å². The molecule has 1 aromatic carbocycles. The van der Waals surface area contributed by atoms with E-state index in [0.717, 1.165) is 26.1 Å². The van der Waals surface area contributed by atoms with Crippen molar-refractivity contribution in [2.24, 2.45) is 0 Å². The number of methoxy groups -OCH3 is 1. The largest absolute Gasteiger partial charge is 0.496 e. The molecular formula is C16H25FN2O2. The number of aliphatic hydroxyl groups is 1. The first kappa shape index (κ1) is 16.2. The van der Waals surface area contributed by atoms with Gasteiger partial charge < -0.3 is 19.6 Å². The average Bonchev–Trinajstić information content (AvgIpc) is 2.93. The molecule has 1 aliphatic rings. The van der Waals surface area contributed by atoms with Crippen molar-refractivity contribution >= 4 is 0 Å². The SMILES string of the molecule is COc1cccc(F)c1C(O)CCN1CCC(N(C)C)C1. The number of rotatable bonds is 6. The van der Waals surface area contributed by atoms with Gasteiger partial charge in [-0.15, -0.1) is 0 Å². The zero-order valence-electron chi connectivity index (χ0n) is 13.1. The summed E-state index contributed by atoms with van der Waals surface area (Å²) in [4.78, 5) is 4.55. The monoisotopic (exact) mass is 296 g/mol. The highest BCUT2D eigenvalue weighted by atomic mass is 19.1. The molecule has 1 N–H and O–H groups in total. The molecule has 2 unspecified atom stereocenters. The Bertz CT molecular complexity index is 468. The first-order valence-corrected chi connectivity index (χ1v) is 7.42. The summed E-state index contributed by atoms with van der Waals surface area (Å²) in [5.41, 5.74) is 0.267. The van der Waals surface area contributed by atoms with Crippen molar-refractivity contribution in [2.45, 2.75) is 25.0 Å². The van der Waals surface area contributed by atoms with Crippen molar-refractivity contribution in [3.8, 4) is 5.75 Å². The third-order valence-corrected chi connectivity index (χ3v) is 4.26. The third kappa shape index (κ3) is 3.93. The van der Waals surface area contributed by atoms with E-state index in [4.69, 9.17) is 4.74 Å². The average molecular weight is 296 g/mol. The Morgan fingerprint density at radius 2 is 2.24 bits per heavy atom. The maximum absolute atomic E-state index is 13.9. The van der Waals surface area contributed by atoms with Crippen molar-refractivity contribution < 1.29 is 14.2 Å². The number of ether oxygens (including phenoxy) is 1. The second-order valence-corrected chi connectivity index (χ2v) is 5.87. The first-order valence-electron chi connectivity index (χ1n) is 7.42. The van der Waals surface area contributed by atoms with Crippen LogP contribution in [0.3, 0.4) is 0 Å². The molecule has 0 aromatic heterocycles. The minimum Gasteiger partial charge on any atom is -0.496 e. The molecule has 118 valence electrons. The van der Waals surface area contributed by atoms with Crippen LogP contribution in [0.5, 0.6) is 5.75 Å². The van der Waals surface area contributed by atoms with Gasteiger partial charge in [-0.2, -0.15) is 0 Å². The molecule has 1 heterocycles. The second-order valence-electron chi connectivity index (χ2n) is 5.87. The normalized spacial score (nSPS) is 21.0. The summed E-state index contributed by atoms with van der Waals surface area (Å²) >= 11 is 0. The van der Waals surface area contributed by atoms with Crippen LogP contribution in [0, 0.1) is 5.82 Å². The molecule has 1 aromatic rings. The number of aliphatic hydroxyl groups excluding tert-OH is 1. The predicted octanol–water partition coefficient (Wildman–Crippen LogP) is 1.89. The molecule has 1 aliphatic heterocycles. The maximum atomic E-state index is 13.9. The van der Waals surface area contributed by atoms with Gasteiger partial charge in [-0.25, -0.2) is 4.39 Å². The summed E-state index contributed by atoms with van der Waals surface area (Å²) in [6.45, 7) is 2.81. The fraction of sp³-hybridized carbons (Fsp3) is 0.625. The Hall–Kier alpha value is -1.17. The van der Waals surface area contributed by atoms with Crippen LogP contribution < -0.4 is 4.74 Å². The third-order valence-electron chi connectivity index (χ3n) is 4.26. The molecule has 21 heavy (non-hydrogen) atoms. The second kappa shape index (κ2) is 7.20. The fourth-order valence-corrected chi connectivity index (χ4v) is 2.90. The van der Waals surface area contributed by atoms with Crippen LogP contribution in [0.15, 0.2) is 18.2 Å². The molecule has 0 bridgehead atoms. The quantitative estimate of drug-likeness (QED) is 0.870. The van der Waals surface area contributed by atoms with Crippen LogP contribution in [-0.2, 0) is 0 Å². The van der Waals surface area contributed by atoms with Gasteiger partial charge in [0.05, 0.1) is 18.8 Å². The number of halogens is 1. The Labute approximate surface area is 126 Å². The Morgan fingerprint density at radius 3 is 2.86 bits per heavy atom. The number of likely N-dealkylation sites (tertiary alicyclic amines) is 1. The molecule has 5 heteroatoms. The lowest BCUT2D eigenvalue weighted by Gasteiger charge is -2.22. The van der Waals surface area contributed by atoms with Gasteiger partial charge in [0.2, 0.25) is 0 Å². The highest BCUT2D eigenvalue weighted by molar-refractivity contribution is 5.36. The van der Waals surface area contributed by atoms with E-state index >= 15 is 0 Å². The molecule has 0 aliphatic carbocycles. The Kier molecular flexibility index (Phi) is 5.56. The molecule has 0 saturated carbocycles. The zero-order chi connectivity index (χ0) is 15.4. The van der Waals surface area contributed by atoms with E-state index in [9.17, 15) is 9.50 Å². The summed E-state index contributed by atoms with van der Waals surface area (Å²) in [6.07, 6.45) is 0.823. The molecule has 0 spiro atoms. The van der Waals surface area contributed by atoms with Gasteiger partial charge >= 0.3 is 0 Å². The van der Waals surface area contributed by atoms with Crippen LogP contribution in [0.1, 0.15) is 24.5 Å². The number of hydrogen-bond acceptors (Lipinski definition) is 4. The van der Waals surface area contributed by atoms with E-state index in [2.05, 4.69) is 23.9 Å². The molecule has 4 nitrogen and oxygen atoms in total. The summed E-state index contributed by atoms with van der Waals surface area (Å²) in [5, 5.41) is 10.3. The zero-order valence-corrected chi connectivity index (χ0v) is 13.1. The van der Waals surface area contributed by atoms with Gasteiger partial charge in [-0.3, -0.25) is 0 Å². The molecule has 0 amide bonds. The molecule has 0 radical (unpaired) electrons. The number of hydrogen-bond donors (Lipinski definition) is 1. The number of nitrogens with zero attached hydrogens (tertiary/aromatic N) is 2. The summed E-state index contributed by atoms with van der Waals surface area (Å²) in [5.74, 6) is 0.00419. The van der Waals surface area contributed by atoms with E-state index in [1.165, 1.54) is 13.2 Å². The van der Waals surface area contributed by atoms with E-state index in [1.807, 2.05) is 0 Å². The van der Waals surface area contributed by atoms with E-state index in [-0.39, 0.29) is 5.56 Å². The first-order chi connectivity index (χ1) is 10.0. The standard InChI is InChI=1S/C16H25FN2O2/c1-18(2)12-7-9-19(11-12)10-8-14(20)16-13(17)5-4-6-15(16)21-3/h4-6,12,14,20H,7-11H2,1-3H3. The highest BCUT2D eigenvalue weighted by Gasteiger charge is 2.25. The van der Waals surface area contributed by atoms with E-state index in [0.29, 0.717) is 18.2 Å². The van der Waals surface area contributed by atoms with Crippen LogP contribution in [0.4, 0.5) is 4.39 Å². The molecule has 1 saturated heterocycles. The van der Waals surface area contributed by atoms with Gasteiger partial charge in [-0.05, 0) is 45.6 Å². The van der Waals surface area contributed by atoms with Crippen molar-refractivity contribution in [3.63, 3.8) is 0 Å². The number of benzene rings is 1. The lowest BCUT2D eigenvalue weighted by Crippen LogP contribution is -2.32. The molecule has 1 fully saturated rings. The van der Waals surface area contributed by atoms with Gasteiger partial charge in [0, 0.05) is 19.1 Å². The number of likely N-dealkylation sites (N-methyl/N-ethyl adjacent to an activating group) is 1. The molecular weight excluding hydrogens is 271 g/mol. The predicted molar refractivity (Wildman–Crippen MR) is 81.1 cm³/mol.